The third-order valence-corrected chi connectivity index (χ3v) is 3.98. The van der Waals surface area contributed by atoms with Crippen molar-refractivity contribution in [3.05, 3.63) is 84.9 Å². The van der Waals surface area contributed by atoms with Gasteiger partial charge < -0.3 is 5.11 Å². The second kappa shape index (κ2) is 5.58. The van der Waals surface area contributed by atoms with Gasteiger partial charge in [-0.2, -0.15) is 0 Å². The molecular weight excluding hydrogens is 282 g/mol. The molecule has 110 valence electrons. The molecule has 0 aliphatic carbocycles. The van der Waals surface area contributed by atoms with E-state index in [1.165, 1.54) is 0 Å². The summed E-state index contributed by atoms with van der Waals surface area (Å²) in [7, 11) is 0. The summed E-state index contributed by atoms with van der Waals surface area (Å²) in [6.07, 6.45) is 0. The minimum atomic E-state index is 0.280. The number of hydrogen-bond donors (Lipinski definition) is 1. The maximum absolute atomic E-state index is 10.3. The van der Waals surface area contributed by atoms with Crippen molar-refractivity contribution in [3.63, 3.8) is 0 Å². The average molecular weight is 297 g/mol. The minimum Gasteiger partial charge on any atom is -0.507 e. The van der Waals surface area contributed by atoms with E-state index in [1.807, 2.05) is 78.9 Å². The van der Waals surface area contributed by atoms with Crippen LogP contribution in [0.25, 0.3) is 33.3 Å². The van der Waals surface area contributed by atoms with E-state index < -0.39 is 0 Å². The fourth-order valence-corrected chi connectivity index (χ4v) is 2.86. The number of nitrogens with zero attached hydrogens (tertiary/aromatic N) is 1. The van der Waals surface area contributed by atoms with Crippen LogP contribution in [0.5, 0.6) is 5.75 Å². The molecule has 0 aliphatic rings. The molecule has 0 bridgehead atoms. The molecular formula is C21H15NO. The van der Waals surface area contributed by atoms with Crippen LogP contribution in [0.4, 0.5) is 0 Å². The molecule has 3 aromatic carbocycles. The van der Waals surface area contributed by atoms with Gasteiger partial charge in [-0.05, 0) is 23.8 Å². The molecule has 1 N–H and O–H groups in total. The van der Waals surface area contributed by atoms with Gasteiger partial charge in [-0.15, -0.1) is 0 Å². The Kier molecular flexibility index (Phi) is 3.28. The third-order valence-electron chi connectivity index (χ3n) is 3.98. The van der Waals surface area contributed by atoms with E-state index in [4.69, 9.17) is 4.98 Å². The summed E-state index contributed by atoms with van der Waals surface area (Å²) in [4.78, 5) is 4.78. The van der Waals surface area contributed by atoms with E-state index in [-0.39, 0.29) is 5.75 Å². The van der Waals surface area contributed by atoms with Gasteiger partial charge in [0.15, 0.2) is 0 Å². The SMILES string of the molecule is Oc1ccccc1-c1cc(-c2ccccc2)nc2ccccc12. The van der Waals surface area contributed by atoms with Gasteiger partial charge >= 0.3 is 0 Å². The highest BCUT2D eigenvalue weighted by molar-refractivity contribution is 5.97. The van der Waals surface area contributed by atoms with Crippen molar-refractivity contribution in [2.24, 2.45) is 0 Å². The Morgan fingerprint density at radius 3 is 2.17 bits per heavy atom. The van der Waals surface area contributed by atoms with Crippen LogP contribution >= 0.6 is 0 Å². The molecule has 0 amide bonds. The highest BCUT2D eigenvalue weighted by atomic mass is 16.3. The molecule has 0 atom stereocenters. The standard InChI is InChI=1S/C21H15NO/c23-21-13-7-5-11-17(21)18-14-20(15-8-2-1-3-9-15)22-19-12-6-4-10-16(18)19/h1-14,23H. The van der Waals surface area contributed by atoms with Gasteiger partial charge in [0, 0.05) is 16.5 Å². The molecule has 23 heavy (non-hydrogen) atoms. The molecule has 1 heterocycles. The lowest BCUT2D eigenvalue weighted by atomic mass is 9.97. The maximum atomic E-state index is 10.3. The van der Waals surface area contributed by atoms with Gasteiger partial charge in [0.05, 0.1) is 11.2 Å². The van der Waals surface area contributed by atoms with E-state index in [1.54, 1.807) is 6.07 Å². The lowest BCUT2D eigenvalue weighted by molar-refractivity contribution is 0.477. The molecule has 4 aromatic rings. The first kappa shape index (κ1) is 13.5. The van der Waals surface area contributed by atoms with Crippen molar-refractivity contribution in [1.29, 1.82) is 0 Å². The second-order valence-corrected chi connectivity index (χ2v) is 5.46. The van der Waals surface area contributed by atoms with Crippen molar-refractivity contribution in [3.8, 4) is 28.1 Å². The third kappa shape index (κ3) is 2.44. The topological polar surface area (TPSA) is 33.1 Å². The molecule has 1 aromatic heterocycles. The van der Waals surface area contributed by atoms with Crippen LogP contribution in [0.1, 0.15) is 0 Å². The predicted octanol–water partition coefficient (Wildman–Crippen LogP) is 5.27. The predicted molar refractivity (Wildman–Crippen MR) is 94.3 cm³/mol. The van der Waals surface area contributed by atoms with Gasteiger partial charge in [0.25, 0.3) is 0 Å². The normalized spacial score (nSPS) is 10.8. The Labute approximate surface area is 134 Å². The molecule has 4 rings (SSSR count). The summed E-state index contributed by atoms with van der Waals surface area (Å²) < 4.78 is 0. The van der Waals surface area contributed by atoms with Crippen molar-refractivity contribution in [1.82, 2.24) is 4.98 Å². The Bertz CT molecular complexity index is 977. The van der Waals surface area contributed by atoms with E-state index in [0.29, 0.717) is 0 Å². The zero-order valence-corrected chi connectivity index (χ0v) is 12.5. The molecule has 0 unspecified atom stereocenters. The van der Waals surface area contributed by atoms with Crippen molar-refractivity contribution >= 4 is 10.9 Å². The van der Waals surface area contributed by atoms with Crippen molar-refractivity contribution in [2.45, 2.75) is 0 Å². The number of aromatic hydroxyl groups is 1. The average Bonchev–Trinajstić information content (AvgIpc) is 2.62. The fraction of sp³-hybridized carbons (Fsp3) is 0. The number of hydrogen-bond acceptors (Lipinski definition) is 2. The van der Waals surface area contributed by atoms with E-state index in [0.717, 1.165) is 33.3 Å². The Balaban J connectivity index is 2.04. The number of benzene rings is 3. The van der Waals surface area contributed by atoms with Crippen LogP contribution in [0, 0.1) is 0 Å². The van der Waals surface area contributed by atoms with Gasteiger partial charge in [-0.3, -0.25) is 0 Å². The molecule has 2 heteroatoms. The largest absolute Gasteiger partial charge is 0.507 e. The number of phenolic OH excluding ortho intramolecular Hbond substituents is 1. The summed E-state index contributed by atoms with van der Waals surface area (Å²) in [5, 5.41) is 11.3. The van der Waals surface area contributed by atoms with Crippen LogP contribution in [0.15, 0.2) is 84.9 Å². The van der Waals surface area contributed by atoms with E-state index in [2.05, 4.69) is 0 Å². The zero-order valence-electron chi connectivity index (χ0n) is 12.5. The Morgan fingerprint density at radius 1 is 0.652 bits per heavy atom. The van der Waals surface area contributed by atoms with Gasteiger partial charge in [-0.25, -0.2) is 4.98 Å². The Hall–Kier alpha value is -3.13. The fourth-order valence-electron chi connectivity index (χ4n) is 2.86. The number of pyridine rings is 1. The molecule has 0 radical (unpaired) electrons. The van der Waals surface area contributed by atoms with E-state index >= 15 is 0 Å². The van der Waals surface area contributed by atoms with Crippen LogP contribution in [-0.4, -0.2) is 10.1 Å². The van der Waals surface area contributed by atoms with E-state index in [9.17, 15) is 5.11 Å². The number of rotatable bonds is 2. The first-order valence-corrected chi connectivity index (χ1v) is 7.56. The first-order chi connectivity index (χ1) is 11.3. The summed E-state index contributed by atoms with van der Waals surface area (Å²) in [6.45, 7) is 0. The molecule has 0 saturated carbocycles. The first-order valence-electron chi connectivity index (χ1n) is 7.56. The smallest absolute Gasteiger partial charge is 0.123 e. The van der Waals surface area contributed by atoms with Crippen LogP contribution < -0.4 is 0 Å². The highest BCUT2D eigenvalue weighted by Crippen LogP contribution is 2.36. The maximum Gasteiger partial charge on any atom is 0.123 e. The van der Waals surface area contributed by atoms with Crippen LogP contribution in [-0.2, 0) is 0 Å². The van der Waals surface area contributed by atoms with Crippen molar-refractivity contribution in [2.75, 3.05) is 0 Å². The van der Waals surface area contributed by atoms with Gasteiger partial charge in [0.2, 0.25) is 0 Å². The van der Waals surface area contributed by atoms with Crippen LogP contribution in [0.2, 0.25) is 0 Å². The molecule has 0 aliphatic heterocycles. The lowest BCUT2D eigenvalue weighted by Crippen LogP contribution is -1.90. The zero-order chi connectivity index (χ0) is 15.6. The summed E-state index contributed by atoms with van der Waals surface area (Å²) in [5.41, 5.74) is 4.71. The molecule has 0 saturated heterocycles. The molecule has 0 fully saturated rings. The summed E-state index contributed by atoms with van der Waals surface area (Å²) >= 11 is 0. The number of para-hydroxylation sites is 2. The number of aromatic nitrogens is 1. The summed E-state index contributed by atoms with van der Waals surface area (Å²) in [6, 6.07) is 27.6. The number of phenols is 1. The monoisotopic (exact) mass is 297 g/mol. The van der Waals surface area contributed by atoms with Crippen molar-refractivity contribution < 1.29 is 5.11 Å². The van der Waals surface area contributed by atoms with Crippen LogP contribution in [0.3, 0.4) is 0 Å². The second-order valence-electron chi connectivity index (χ2n) is 5.46. The highest BCUT2D eigenvalue weighted by Gasteiger charge is 2.11. The molecule has 2 nitrogen and oxygen atoms in total. The number of fused-ring (bicyclic) bond motifs is 1. The lowest BCUT2D eigenvalue weighted by Gasteiger charge is -2.11. The molecule has 0 spiro atoms. The summed E-state index contributed by atoms with van der Waals surface area (Å²) in [5.74, 6) is 0.280. The Morgan fingerprint density at radius 2 is 1.35 bits per heavy atom. The quantitative estimate of drug-likeness (QED) is 0.546. The minimum absolute atomic E-state index is 0.280. The van der Waals surface area contributed by atoms with Gasteiger partial charge in [-0.1, -0.05) is 66.7 Å². The van der Waals surface area contributed by atoms with Gasteiger partial charge in [0.1, 0.15) is 5.75 Å².